The number of ether oxygens (including phenoxy) is 3. The van der Waals surface area contributed by atoms with E-state index in [0.717, 1.165) is 35.3 Å². The standard InChI is InChI=1S/C33H42N2O5.ClH/c1-23(2)33(20-25-11-7-9-13-28(25)35(4)32(33)37)27-12-8-10-14-29(27)40-22-26(36)21-34(3)18-17-24-15-16-30(38-5)31(19-24)39-6;/h7-16,19,23,26,36H,17-18,20-22H2,1-6H3;1H. The quantitative estimate of drug-likeness (QED) is 0.318. The molecule has 7 nitrogen and oxygen atoms in total. The number of carbonyl (C=O) groups is 1. The number of benzene rings is 3. The fourth-order valence-corrected chi connectivity index (χ4v) is 5.75. The molecule has 222 valence electrons. The van der Waals surface area contributed by atoms with Gasteiger partial charge < -0.3 is 29.1 Å². The molecule has 4 rings (SSSR count). The van der Waals surface area contributed by atoms with Gasteiger partial charge in [-0.1, -0.05) is 56.3 Å². The monoisotopic (exact) mass is 582 g/mol. The van der Waals surface area contributed by atoms with Crippen molar-refractivity contribution in [1.29, 1.82) is 0 Å². The molecule has 1 aliphatic heterocycles. The number of hydrogen-bond acceptors (Lipinski definition) is 6. The molecule has 41 heavy (non-hydrogen) atoms. The van der Waals surface area contributed by atoms with E-state index < -0.39 is 11.5 Å². The van der Waals surface area contributed by atoms with Gasteiger partial charge in [-0.3, -0.25) is 4.79 Å². The molecule has 1 aliphatic rings. The number of likely N-dealkylation sites (N-methyl/N-ethyl adjacent to an activating group) is 2. The minimum Gasteiger partial charge on any atom is -0.493 e. The topological polar surface area (TPSA) is 71.5 Å². The van der Waals surface area contributed by atoms with E-state index in [1.807, 2.05) is 74.8 Å². The largest absolute Gasteiger partial charge is 0.493 e. The summed E-state index contributed by atoms with van der Waals surface area (Å²) in [4.78, 5) is 17.8. The van der Waals surface area contributed by atoms with Gasteiger partial charge in [-0.05, 0) is 61.2 Å². The molecule has 3 aromatic carbocycles. The highest BCUT2D eigenvalue weighted by Gasteiger charge is 2.50. The van der Waals surface area contributed by atoms with Gasteiger partial charge in [0, 0.05) is 31.4 Å². The Balaban J connectivity index is 0.00000462. The second kappa shape index (κ2) is 14.1. The van der Waals surface area contributed by atoms with Crippen molar-refractivity contribution in [2.75, 3.05) is 52.9 Å². The highest BCUT2D eigenvalue weighted by atomic mass is 35.5. The zero-order chi connectivity index (χ0) is 28.9. The van der Waals surface area contributed by atoms with Gasteiger partial charge in [0.15, 0.2) is 11.5 Å². The maximum atomic E-state index is 14.0. The molecule has 0 saturated carbocycles. The number of para-hydroxylation sites is 2. The van der Waals surface area contributed by atoms with Crippen LogP contribution < -0.4 is 19.1 Å². The first kappa shape index (κ1) is 32.3. The van der Waals surface area contributed by atoms with Crippen LogP contribution in [0.3, 0.4) is 0 Å². The number of rotatable bonds is 12. The van der Waals surface area contributed by atoms with Gasteiger partial charge in [-0.2, -0.15) is 0 Å². The third-order valence-corrected chi connectivity index (χ3v) is 8.05. The Kier molecular flexibility index (Phi) is 11.1. The molecule has 2 atom stereocenters. The molecule has 1 heterocycles. The zero-order valence-corrected chi connectivity index (χ0v) is 25.7. The van der Waals surface area contributed by atoms with Crippen LogP contribution in [0.25, 0.3) is 0 Å². The summed E-state index contributed by atoms with van der Waals surface area (Å²) in [5, 5.41) is 10.8. The normalized spacial score (nSPS) is 17.2. The number of fused-ring (bicyclic) bond motifs is 1. The number of carbonyl (C=O) groups excluding carboxylic acids is 1. The van der Waals surface area contributed by atoms with Crippen molar-refractivity contribution >= 4 is 24.0 Å². The molecule has 1 amide bonds. The van der Waals surface area contributed by atoms with Crippen molar-refractivity contribution in [3.8, 4) is 17.2 Å². The number of methoxy groups -OCH3 is 2. The molecular formula is C33H43ClN2O5. The van der Waals surface area contributed by atoms with Gasteiger partial charge in [0.25, 0.3) is 0 Å². The summed E-state index contributed by atoms with van der Waals surface area (Å²) in [5.74, 6) is 2.16. The van der Waals surface area contributed by atoms with Crippen LogP contribution in [-0.2, 0) is 23.1 Å². The van der Waals surface area contributed by atoms with Crippen LogP contribution in [0.4, 0.5) is 5.69 Å². The molecule has 0 bridgehead atoms. The number of halogens is 1. The lowest BCUT2D eigenvalue weighted by atomic mass is 9.64. The van der Waals surface area contributed by atoms with Crippen LogP contribution in [0, 0.1) is 5.92 Å². The second-order valence-corrected chi connectivity index (χ2v) is 11.0. The van der Waals surface area contributed by atoms with Crippen molar-refractivity contribution < 1.29 is 24.1 Å². The Morgan fingerprint density at radius 3 is 2.37 bits per heavy atom. The predicted octanol–water partition coefficient (Wildman–Crippen LogP) is 5.15. The highest BCUT2D eigenvalue weighted by molar-refractivity contribution is 6.04. The zero-order valence-electron chi connectivity index (χ0n) is 24.9. The summed E-state index contributed by atoms with van der Waals surface area (Å²) >= 11 is 0. The van der Waals surface area contributed by atoms with Crippen LogP contribution in [0.5, 0.6) is 17.2 Å². The lowest BCUT2D eigenvalue weighted by molar-refractivity contribution is -0.126. The Hall–Kier alpha value is -3.26. The fourth-order valence-electron chi connectivity index (χ4n) is 5.75. The molecule has 0 spiro atoms. The summed E-state index contributed by atoms with van der Waals surface area (Å²) in [7, 11) is 7.09. The third-order valence-electron chi connectivity index (χ3n) is 8.05. The van der Waals surface area contributed by atoms with Gasteiger partial charge in [0.05, 0.1) is 19.6 Å². The molecule has 2 unspecified atom stereocenters. The molecule has 8 heteroatoms. The molecular weight excluding hydrogens is 540 g/mol. The molecule has 0 fully saturated rings. The highest BCUT2D eigenvalue weighted by Crippen LogP contribution is 2.47. The number of amides is 1. The Morgan fingerprint density at radius 2 is 1.66 bits per heavy atom. The van der Waals surface area contributed by atoms with Crippen LogP contribution in [0.15, 0.2) is 66.7 Å². The van der Waals surface area contributed by atoms with E-state index in [9.17, 15) is 9.90 Å². The predicted molar refractivity (Wildman–Crippen MR) is 166 cm³/mol. The Bertz CT molecular complexity index is 1320. The summed E-state index contributed by atoms with van der Waals surface area (Å²) in [5.41, 5.74) is 3.33. The van der Waals surface area contributed by atoms with Gasteiger partial charge in [-0.25, -0.2) is 0 Å². The van der Waals surface area contributed by atoms with Crippen molar-refractivity contribution in [3.63, 3.8) is 0 Å². The van der Waals surface area contributed by atoms with Gasteiger partial charge in [0.1, 0.15) is 18.5 Å². The van der Waals surface area contributed by atoms with Crippen LogP contribution >= 0.6 is 12.4 Å². The fraction of sp³-hybridized carbons (Fsp3) is 0.424. The van der Waals surface area contributed by atoms with E-state index in [1.165, 1.54) is 0 Å². The number of aliphatic hydroxyl groups is 1. The van der Waals surface area contributed by atoms with E-state index in [-0.39, 0.29) is 30.8 Å². The van der Waals surface area contributed by atoms with E-state index in [0.29, 0.717) is 30.2 Å². The molecule has 0 aliphatic carbocycles. The SMILES string of the molecule is COc1ccc(CCN(C)CC(O)COc2ccccc2C2(C(C)C)Cc3ccccc3N(C)C2=O)cc1OC.Cl. The van der Waals surface area contributed by atoms with Gasteiger partial charge >= 0.3 is 0 Å². The average Bonchev–Trinajstić information content (AvgIpc) is 2.96. The van der Waals surface area contributed by atoms with Crippen molar-refractivity contribution in [2.24, 2.45) is 5.92 Å². The second-order valence-electron chi connectivity index (χ2n) is 11.0. The maximum absolute atomic E-state index is 14.0. The first-order chi connectivity index (χ1) is 19.2. The molecule has 3 aromatic rings. The van der Waals surface area contributed by atoms with Crippen LogP contribution in [0.2, 0.25) is 0 Å². The van der Waals surface area contributed by atoms with Gasteiger partial charge in [-0.15, -0.1) is 12.4 Å². The van der Waals surface area contributed by atoms with E-state index in [2.05, 4.69) is 24.8 Å². The first-order valence-electron chi connectivity index (χ1n) is 13.9. The number of aliphatic hydroxyl groups excluding tert-OH is 1. The van der Waals surface area contributed by atoms with E-state index in [4.69, 9.17) is 14.2 Å². The average molecular weight is 583 g/mol. The van der Waals surface area contributed by atoms with Crippen molar-refractivity contribution in [1.82, 2.24) is 4.90 Å². The van der Waals surface area contributed by atoms with Crippen LogP contribution in [0.1, 0.15) is 30.5 Å². The first-order valence-corrected chi connectivity index (χ1v) is 13.9. The summed E-state index contributed by atoms with van der Waals surface area (Å²) < 4.78 is 17.0. The summed E-state index contributed by atoms with van der Waals surface area (Å²) in [6, 6.07) is 21.8. The molecule has 0 saturated heterocycles. The minimum atomic E-state index is -0.763. The van der Waals surface area contributed by atoms with Crippen molar-refractivity contribution in [2.45, 2.75) is 38.2 Å². The molecule has 0 radical (unpaired) electrons. The van der Waals surface area contributed by atoms with Gasteiger partial charge in [0.2, 0.25) is 5.91 Å². The van der Waals surface area contributed by atoms with E-state index >= 15 is 0 Å². The summed E-state index contributed by atoms with van der Waals surface area (Å²) in [6.45, 7) is 5.55. The smallest absolute Gasteiger partial charge is 0.238 e. The maximum Gasteiger partial charge on any atom is 0.238 e. The lowest BCUT2D eigenvalue weighted by Crippen LogP contribution is -2.53. The number of anilines is 1. The minimum absolute atomic E-state index is 0. The lowest BCUT2D eigenvalue weighted by Gasteiger charge is -2.44. The van der Waals surface area contributed by atoms with E-state index in [1.54, 1.807) is 19.1 Å². The Labute approximate surface area is 250 Å². The number of nitrogens with zero attached hydrogens (tertiary/aromatic N) is 2. The number of hydrogen-bond donors (Lipinski definition) is 1. The Morgan fingerprint density at radius 1 is 0.976 bits per heavy atom. The molecule has 0 aromatic heterocycles. The molecule has 1 N–H and O–H groups in total. The third kappa shape index (κ3) is 6.80. The summed E-state index contributed by atoms with van der Waals surface area (Å²) in [6.07, 6.45) is 0.719. The van der Waals surface area contributed by atoms with Crippen LogP contribution in [-0.4, -0.2) is 70.0 Å². The van der Waals surface area contributed by atoms with Crippen molar-refractivity contribution in [3.05, 3.63) is 83.4 Å².